The van der Waals surface area contributed by atoms with E-state index in [2.05, 4.69) is 20.6 Å². The quantitative estimate of drug-likeness (QED) is 0.742. The smallest absolute Gasteiger partial charge is 0.275 e. The molecule has 0 aliphatic rings. The van der Waals surface area contributed by atoms with Crippen molar-refractivity contribution in [2.75, 3.05) is 10.6 Å². The maximum atomic E-state index is 12.3. The van der Waals surface area contributed by atoms with Crippen LogP contribution in [0.25, 0.3) is 0 Å². The molecule has 2 aromatic carbocycles. The summed E-state index contributed by atoms with van der Waals surface area (Å²) in [4.78, 5) is 20.7. The van der Waals surface area contributed by atoms with E-state index < -0.39 is 0 Å². The molecule has 1 heterocycles. The zero-order chi connectivity index (χ0) is 17.6. The van der Waals surface area contributed by atoms with E-state index in [0.717, 1.165) is 16.8 Å². The second-order valence-electron chi connectivity index (χ2n) is 5.88. The molecule has 0 unspecified atom stereocenters. The molecule has 0 radical (unpaired) electrons. The number of anilines is 2. The van der Waals surface area contributed by atoms with Crippen LogP contribution in [-0.4, -0.2) is 15.9 Å². The maximum absolute atomic E-state index is 12.3. The fraction of sp³-hybridized carbons (Fsp3) is 0.150. The third kappa shape index (κ3) is 4.41. The van der Waals surface area contributed by atoms with Gasteiger partial charge in [0.2, 0.25) is 0 Å². The number of hydrogen-bond acceptors (Lipinski definition) is 4. The Kier molecular flexibility index (Phi) is 5.04. The van der Waals surface area contributed by atoms with Crippen LogP contribution in [-0.2, 0) is 6.54 Å². The monoisotopic (exact) mass is 332 g/mol. The molecule has 126 valence electrons. The molecule has 0 saturated heterocycles. The first kappa shape index (κ1) is 16.6. The molecule has 1 aromatic heterocycles. The number of carbonyl (C=O) groups is 1. The number of hydrogen-bond donors (Lipinski definition) is 2. The van der Waals surface area contributed by atoms with Gasteiger partial charge in [-0.2, -0.15) is 0 Å². The van der Waals surface area contributed by atoms with Crippen molar-refractivity contribution in [3.05, 3.63) is 83.3 Å². The van der Waals surface area contributed by atoms with Gasteiger partial charge < -0.3 is 10.6 Å². The van der Waals surface area contributed by atoms with Gasteiger partial charge in [0.15, 0.2) is 0 Å². The van der Waals surface area contributed by atoms with E-state index in [1.54, 1.807) is 6.20 Å². The second-order valence-corrected chi connectivity index (χ2v) is 5.88. The van der Waals surface area contributed by atoms with E-state index in [1.807, 2.05) is 62.4 Å². The molecule has 0 aliphatic heterocycles. The first-order valence-electron chi connectivity index (χ1n) is 8.10. The third-order valence-electron chi connectivity index (χ3n) is 3.97. The molecular weight excluding hydrogens is 312 g/mol. The van der Waals surface area contributed by atoms with Crippen LogP contribution in [0, 0.1) is 13.8 Å². The van der Waals surface area contributed by atoms with Crippen molar-refractivity contribution in [1.82, 2.24) is 9.97 Å². The Morgan fingerprint density at radius 2 is 1.76 bits per heavy atom. The van der Waals surface area contributed by atoms with Crippen LogP contribution in [0.4, 0.5) is 11.5 Å². The minimum absolute atomic E-state index is 0.273. The molecule has 5 nitrogen and oxygen atoms in total. The minimum Gasteiger partial charge on any atom is -0.365 e. The largest absolute Gasteiger partial charge is 0.365 e. The average Bonchev–Trinajstić information content (AvgIpc) is 2.64. The van der Waals surface area contributed by atoms with E-state index in [0.29, 0.717) is 12.4 Å². The summed E-state index contributed by atoms with van der Waals surface area (Å²) in [6.45, 7) is 4.70. The van der Waals surface area contributed by atoms with Crippen molar-refractivity contribution >= 4 is 17.4 Å². The summed E-state index contributed by atoms with van der Waals surface area (Å²) in [6, 6.07) is 15.8. The summed E-state index contributed by atoms with van der Waals surface area (Å²) in [5.74, 6) is 0.358. The van der Waals surface area contributed by atoms with E-state index in [-0.39, 0.29) is 11.6 Å². The molecule has 0 atom stereocenters. The first-order valence-corrected chi connectivity index (χ1v) is 8.10. The van der Waals surface area contributed by atoms with Gasteiger partial charge in [-0.3, -0.25) is 4.79 Å². The van der Waals surface area contributed by atoms with E-state index in [4.69, 9.17) is 0 Å². The van der Waals surface area contributed by atoms with Gasteiger partial charge in [-0.15, -0.1) is 0 Å². The summed E-state index contributed by atoms with van der Waals surface area (Å²) in [5, 5.41) is 6.03. The lowest BCUT2D eigenvalue weighted by Crippen LogP contribution is -2.14. The number of nitrogens with one attached hydrogen (secondary N) is 2. The third-order valence-corrected chi connectivity index (χ3v) is 3.97. The first-order chi connectivity index (χ1) is 12.1. The van der Waals surface area contributed by atoms with Crippen LogP contribution >= 0.6 is 0 Å². The molecule has 0 aliphatic carbocycles. The number of amides is 1. The predicted molar refractivity (Wildman–Crippen MR) is 99.7 cm³/mol. The average molecular weight is 332 g/mol. The Balaban J connectivity index is 1.61. The number of nitrogens with zero attached hydrogens (tertiary/aromatic N) is 2. The normalized spacial score (nSPS) is 10.3. The number of benzene rings is 2. The Morgan fingerprint density at radius 3 is 2.44 bits per heavy atom. The van der Waals surface area contributed by atoms with E-state index >= 15 is 0 Å². The van der Waals surface area contributed by atoms with Gasteiger partial charge in [-0.25, -0.2) is 9.97 Å². The van der Waals surface area contributed by atoms with Gasteiger partial charge in [0, 0.05) is 12.2 Å². The number of aromatic nitrogens is 2. The van der Waals surface area contributed by atoms with Crippen molar-refractivity contribution in [1.29, 1.82) is 0 Å². The SMILES string of the molecule is Cc1ccc(NC(=O)c2cnc(NCc3ccccc3)cn2)cc1C. The zero-order valence-electron chi connectivity index (χ0n) is 14.3. The van der Waals surface area contributed by atoms with Crippen molar-refractivity contribution in [2.24, 2.45) is 0 Å². The van der Waals surface area contributed by atoms with Gasteiger partial charge >= 0.3 is 0 Å². The zero-order valence-corrected chi connectivity index (χ0v) is 14.3. The van der Waals surface area contributed by atoms with Crippen molar-refractivity contribution in [3.8, 4) is 0 Å². The number of aryl methyl sites for hydroxylation is 2. The minimum atomic E-state index is -0.273. The fourth-order valence-electron chi connectivity index (χ4n) is 2.34. The van der Waals surface area contributed by atoms with Gasteiger partial charge in [0.1, 0.15) is 11.5 Å². The van der Waals surface area contributed by atoms with Gasteiger partial charge in [-0.1, -0.05) is 36.4 Å². The van der Waals surface area contributed by atoms with Crippen molar-refractivity contribution < 1.29 is 4.79 Å². The van der Waals surface area contributed by atoms with Crippen LogP contribution in [0.1, 0.15) is 27.2 Å². The molecule has 0 saturated carbocycles. The van der Waals surface area contributed by atoms with Gasteiger partial charge in [-0.05, 0) is 42.7 Å². The van der Waals surface area contributed by atoms with Crippen LogP contribution in [0.3, 0.4) is 0 Å². The summed E-state index contributed by atoms with van der Waals surface area (Å²) in [6.07, 6.45) is 3.04. The summed E-state index contributed by atoms with van der Waals surface area (Å²) in [7, 11) is 0. The summed E-state index contributed by atoms with van der Waals surface area (Å²) in [5.41, 5.74) is 4.50. The fourth-order valence-corrected chi connectivity index (χ4v) is 2.34. The Hall–Kier alpha value is -3.21. The molecule has 0 spiro atoms. The second kappa shape index (κ2) is 7.57. The maximum Gasteiger partial charge on any atom is 0.275 e. The highest BCUT2D eigenvalue weighted by atomic mass is 16.1. The lowest BCUT2D eigenvalue weighted by atomic mass is 10.1. The summed E-state index contributed by atoms with van der Waals surface area (Å²) < 4.78 is 0. The van der Waals surface area contributed by atoms with Crippen molar-refractivity contribution in [2.45, 2.75) is 20.4 Å². The Bertz CT molecular complexity index is 861. The van der Waals surface area contributed by atoms with E-state index in [1.165, 1.54) is 11.8 Å². The molecule has 5 heteroatoms. The van der Waals surface area contributed by atoms with Crippen molar-refractivity contribution in [3.63, 3.8) is 0 Å². The van der Waals surface area contributed by atoms with Crippen LogP contribution in [0.5, 0.6) is 0 Å². The number of rotatable bonds is 5. The van der Waals surface area contributed by atoms with Gasteiger partial charge in [0.05, 0.1) is 12.4 Å². The topological polar surface area (TPSA) is 66.9 Å². The lowest BCUT2D eigenvalue weighted by Gasteiger charge is -2.08. The summed E-state index contributed by atoms with van der Waals surface area (Å²) >= 11 is 0. The molecule has 0 bridgehead atoms. The molecule has 0 fully saturated rings. The highest BCUT2D eigenvalue weighted by Crippen LogP contribution is 2.15. The van der Waals surface area contributed by atoms with Gasteiger partial charge in [0.25, 0.3) is 5.91 Å². The molecule has 2 N–H and O–H groups in total. The lowest BCUT2D eigenvalue weighted by molar-refractivity contribution is 0.102. The van der Waals surface area contributed by atoms with Crippen LogP contribution in [0.2, 0.25) is 0 Å². The Labute approximate surface area is 147 Å². The Morgan fingerprint density at radius 1 is 0.960 bits per heavy atom. The molecule has 3 rings (SSSR count). The highest BCUT2D eigenvalue weighted by Gasteiger charge is 2.09. The molecule has 1 amide bonds. The molecule has 3 aromatic rings. The van der Waals surface area contributed by atoms with E-state index in [9.17, 15) is 4.79 Å². The number of carbonyl (C=O) groups excluding carboxylic acids is 1. The molecular formula is C20H20N4O. The van der Waals surface area contributed by atoms with Crippen LogP contribution in [0.15, 0.2) is 60.9 Å². The van der Waals surface area contributed by atoms with Crippen LogP contribution < -0.4 is 10.6 Å². The highest BCUT2D eigenvalue weighted by molar-refractivity contribution is 6.02. The molecule has 25 heavy (non-hydrogen) atoms. The predicted octanol–water partition coefficient (Wildman–Crippen LogP) is 3.96. The standard InChI is InChI=1S/C20H20N4O/c1-14-8-9-17(10-15(14)2)24-20(25)18-12-23-19(13-21-18)22-11-16-6-4-3-5-7-16/h3-10,12-13H,11H2,1-2H3,(H,22,23)(H,24,25).